The number of Topliss-reactive ketones (excluding diaryl/α,β-unsaturated/α-hetero) is 1. The van der Waals surface area contributed by atoms with Crippen LogP contribution in [0.1, 0.15) is 27.6 Å². The SMILES string of the molecule is CC(=O)Nc1ccc(C(=O)OCC(=O)c2ccc(Oc3ccc([N+](=O)[O-])cc3)cc2)cc1. The molecular weight excluding hydrogens is 416 g/mol. The first-order valence-electron chi connectivity index (χ1n) is 9.42. The number of nitro benzene ring substituents is 1. The maximum Gasteiger partial charge on any atom is 0.338 e. The molecule has 0 aliphatic carbocycles. The number of nitrogens with one attached hydrogen (secondary N) is 1. The summed E-state index contributed by atoms with van der Waals surface area (Å²) in [6, 6.07) is 17.9. The van der Waals surface area contributed by atoms with E-state index in [1.165, 1.54) is 55.5 Å². The second kappa shape index (κ2) is 9.98. The third kappa shape index (κ3) is 5.99. The average Bonchev–Trinajstić information content (AvgIpc) is 2.78. The number of nitrogens with zero attached hydrogens (tertiary/aromatic N) is 1. The number of ketones is 1. The number of anilines is 1. The molecule has 0 radical (unpaired) electrons. The van der Waals surface area contributed by atoms with Crippen LogP contribution in [0, 0.1) is 10.1 Å². The van der Waals surface area contributed by atoms with Gasteiger partial charge in [0.05, 0.1) is 10.5 Å². The van der Waals surface area contributed by atoms with Crippen LogP contribution in [0.3, 0.4) is 0 Å². The van der Waals surface area contributed by atoms with Crippen LogP contribution in [0.15, 0.2) is 72.8 Å². The van der Waals surface area contributed by atoms with Crippen molar-refractivity contribution in [1.82, 2.24) is 0 Å². The molecule has 0 heterocycles. The summed E-state index contributed by atoms with van der Waals surface area (Å²) in [6.45, 7) is 0.941. The second-order valence-corrected chi connectivity index (χ2v) is 6.64. The molecule has 0 unspecified atom stereocenters. The first kappa shape index (κ1) is 22.2. The molecule has 0 aromatic heterocycles. The molecule has 0 bridgehead atoms. The Morgan fingerprint density at radius 2 is 1.38 bits per heavy atom. The number of esters is 1. The predicted molar refractivity (Wildman–Crippen MR) is 115 cm³/mol. The normalized spacial score (nSPS) is 10.2. The van der Waals surface area contributed by atoms with E-state index >= 15 is 0 Å². The highest BCUT2D eigenvalue weighted by atomic mass is 16.6. The zero-order chi connectivity index (χ0) is 23.1. The van der Waals surface area contributed by atoms with Gasteiger partial charge in [-0.1, -0.05) is 0 Å². The Kier molecular flexibility index (Phi) is 6.92. The van der Waals surface area contributed by atoms with E-state index in [0.29, 0.717) is 22.7 Å². The van der Waals surface area contributed by atoms with Crippen LogP contribution in [0.5, 0.6) is 11.5 Å². The molecule has 3 rings (SSSR count). The van der Waals surface area contributed by atoms with Crippen LogP contribution in [-0.2, 0) is 9.53 Å². The third-order valence-corrected chi connectivity index (χ3v) is 4.23. The number of ether oxygens (including phenoxy) is 2. The fourth-order valence-corrected chi connectivity index (χ4v) is 2.67. The molecule has 9 nitrogen and oxygen atoms in total. The molecule has 32 heavy (non-hydrogen) atoms. The fraction of sp³-hybridized carbons (Fsp3) is 0.0870. The van der Waals surface area contributed by atoms with E-state index in [9.17, 15) is 24.5 Å². The lowest BCUT2D eigenvalue weighted by Gasteiger charge is -2.08. The third-order valence-electron chi connectivity index (χ3n) is 4.23. The molecule has 1 N–H and O–H groups in total. The molecule has 3 aromatic rings. The molecule has 3 aromatic carbocycles. The van der Waals surface area contributed by atoms with E-state index in [2.05, 4.69) is 5.32 Å². The molecule has 1 amide bonds. The molecule has 0 saturated carbocycles. The van der Waals surface area contributed by atoms with Crippen molar-refractivity contribution in [3.63, 3.8) is 0 Å². The van der Waals surface area contributed by atoms with Crippen LogP contribution in [-0.4, -0.2) is 29.2 Å². The van der Waals surface area contributed by atoms with Crippen LogP contribution >= 0.6 is 0 Å². The topological polar surface area (TPSA) is 125 Å². The molecule has 0 aliphatic heterocycles. The monoisotopic (exact) mass is 434 g/mol. The van der Waals surface area contributed by atoms with E-state index in [0.717, 1.165) is 0 Å². The highest BCUT2D eigenvalue weighted by Crippen LogP contribution is 2.24. The summed E-state index contributed by atoms with van der Waals surface area (Å²) >= 11 is 0. The van der Waals surface area contributed by atoms with Gasteiger partial charge in [0.1, 0.15) is 11.5 Å². The van der Waals surface area contributed by atoms with Crippen molar-refractivity contribution < 1.29 is 28.8 Å². The maximum atomic E-state index is 12.3. The summed E-state index contributed by atoms with van der Waals surface area (Å²) in [5.74, 6) is -0.434. The quantitative estimate of drug-likeness (QED) is 0.241. The van der Waals surface area contributed by atoms with Crippen LogP contribution < -0.4 is 10.1 Å². The van der Waals surface area contributed by atoms with Gasteiger partial charge < -0.3 is 14.8 Å². The van der Waals surface area contributed by atoms with Crippen LogP contribution in [0.4, 0.5) is 11.4 Å². The van der Waals surface area contributed by atoms with E-state index in [1.54, 1.807) is 24.3 Å². The molecule has 0 spiro atoms. The van der Waals surface area contributed by atoms with Crippen molar-refractivity contribution in [2.75, 3.05) is 11.9 Å². The number of benzene rings is 3. The number of carbonyl (C=O) groups excluding carboxylic acids is 3. The van der Waals surface area contributed by atoms with Gasteiger partial charge in [0.25, 0.3) is 5.69 Å². The van der Waals surface area contributed by atoms with Crippen molar-refractivity contribution in [3.8, 4) is 11.5 Å². The smallest absolute Gasteiger partial charge is 0.338 e. The summed E-state index contributed by atoms with van der Waals surface area (Å²) < 4.78 is 10.7. The minimum absolute atomic E-state index is 0.0449. The molecule has 0 fully saturated rings. The Morgan fingerprint density at radius 3 is 1.91 bits per heavy atom. The maximum absolute atomic E-state index is 12.3. The van der Waals surface area contributed by atoms with E-state index < -0.39 is 23.3 Å². The lowest BCUT2D eigenvalue weighted by atomic mass is 10.1. The summed E-state index contributed by atoms with van der Waals surface area (Å²) in [5.41, 5.74) is 1.08. The number of carbonyl (C=O) groups is 3. The lowest BCUT2D eigenvalue weighted by Crippen LogP contribution is -2.14. The predicted octanol–water partition coefficient (Wildman–Crippen LogP) is 4.39. The second-order valence-electron chi connectivity index (χ2n) is 6.64. The van der Waals surface area contributed by atoms with Crippen molar-refractivity contribution in [3.05, 3.63) is 94.0 Å². The van der Waals surface area contributed by atoms with Gasteiger partial charge in [-0.3, -0.25) is 19.7 Å². The van der Waals surface area contributed by atoms with E-state index in [4.69, 9.17) is 9.47 Å². The Hall–Kier alpha value is -4.53. The zero-order valence-corrected chi connectivity index (χ0v) is 16.9. The van der Waals surface area contributed by atoms with Gasteiger partial charge in [0.2, 0.25) is 5.91 Å². The molecule has 9 heteroatoms. The summed E-state index contributed by atoms with van der Waals surface area (Å²) in [5, 5.41) is 13.3. The van der Waals surface area contributed by atoms with Crippen molar-refractivity contribution in [2.24, 2.45) is 0 Å². The number of non-ortho nitro benzene ring substituents is 1. The highest BCUT2D eigenvalue weighted by molar-refractivity contribution is 5.99. The zero-order valence-electron chi connectivity index (χ0n) is 16.9. The number of rotatable bonds is 8. The molecule has 162 valence electrons. The van der Waals surface area contributed by atoms with Gasteiger partial charge in [-0.25, -0.2) is 4.79 Å². The first-order chi connectivity index (χ1) is 15.3. The van der Waals surface area contributed by atoms with Crippen molar-refractivity contribution in [2.45, 2.75) is 6.92 Å². The van der Waals surface area contributed by atoms with Gasteiger partial charge in [0.15, 0.2) is 12.4 Å². The number of hydrogen-bond donors (Lipinski definition) is 1. The Morgan fingerprint density at radius 1 is 0.844 bits per heavy atom. The van der Waals surface area contributed by atoms with Gasteiger partial charge >= 0.3 is 5.97 Å². The number of hydrogen-bond acceptors (Lipinski definition) is 7. The Bertz CT molecular complexity index is 1140. The van der Waals surface area contributed by atoms with Gasteiger partial charge in [-0.15, -0.1) is 0 Å². The summed E-state index contributed by atoms with van der Waals surface area (Å²) in [7, 11) is 0. The van der Waals surface area contributed by atoms with E-state index in [-0.39, 0.29) is 17.2 Å². The van der Waals surface area contributed by atoms with Gasteiger partial charge in [0, 0.05) is 30.3 Å². The number of amides is 1. The van der Waals surface area contributed by atoms with Crippen LogP contribution in [0.2, 0.25) is 0 Å². The lowest BCUT2D eigenvalue weighted by molar-refractivity contribution is -0.384. The van der Waals surface area contributed by atoms with Crippen molar-refractivity contribution in [1.29, 1.82) is 0 Å². The Labute approximate surface area is 182 Å². The van der Waals surface area contributed by atoms with E-state index in [1.807, 2.05) is 0 Å². The first-order valence-corrected chi connectivity index (χ1v) is 9.42. The Balaban J connectivity index is 1.53. The number of nitro groups is 1. The molecule has 0 aliphatic rings. The summed E-state index contributed by atoms with van der Waals surface area (Å²) in [4.78, 5) is 45.6. The van der Waals surface area contributed by atoms with Crippen LogP contribution in [0.25, 0.3) is 0 Å². The standard InChI is InChI=1S/C23H18N2O7/c1-15(26)24-18-6-2-17(3-7-18)23(28)31-14-22(27)16-4-10-20(11-5-16)32-21-12-8-19(9-13-21)25(29)30/h2-13H,14H2,1H3,(H,24,26). The highest BCUT2D eigenvalue weighted by Gasteiger charge is 2.13. The van der Waals surface area contributed by atoms with Gasteiger partial charge in [-0.05, 0) is 60.7 Å². The molecular formula is C23H18N2O7. The largest absolute Gasteiger partial charge is 0.457 e. The fourth-order valence-electron chi connectivity index (χ4n) is 2.67. The average molecular weight is 434 g/mol. The molecule has 0 atom stereocenters. The minimum Gasteiger partial charge on any atom is -0.457 e. The summed E-state index contributed by atoms with van der Waals surface area (Å²) in [6.07, 6.45) is 0. The minimum atomic E-state index is -0.661. The molecule has 0 saturated heterocycles. The van der Waals surface area contributed by atoms with Gasteiger partial charge in [-0.2, -0.15) is 0 Å². The van der Waals surface area contributed by atoms with Crippen molar-refractivity contribution >= 4 is 29.0 Å².